The summed E-state index contributed by atoms with van der Waals surface area (Å²) in [6.07, 6.45) is 6.01. The van der Waals surface area contributed by atoms with Crippen LogP contribution in [0.5, 0.6) is 0 Å². The maximum atomic E-state index is 11.7. The Balaban J connectivity index is 2.18. The molecular weight excluding hydrogens is 308 g/mol. The first-order chi connectivity index (χ1) is 10.3. The minimum atomic E-state index is -3.67. The Hall–Kier alpha value is -1.74. The van der Waals surface area contributed by atoms with Crippen molar-refractivity contribution in [2.24, 2.45) is 5.73 Å². The summed E-state index contributed by atoms with van der Waals surface area (Å²) in [6.45, 7) is 0. The van der Waals surface area contributed by atoms with E-state index in [4.69, 9.17) is 10.5 Å². The zero-order valence-electron chi connectivity index (χ0n) is 12.6. The monoisotopic (exact) mass is 328 g/mol. The van der Waals surface area contributed by atoms with E-state index in [1.54, 1.807) is 7.11 Å². The highest BCUT2D eigenvalue weighted by molar-refractivity contribution is 7.90. The lowest BCUT2D eigenvalue weighted by molar-refractivity contribution is 0.0681. The van der Waals surface area contributed by atoms with Crippen molar-refractivity contribution < 1.29 is 17.9 Å². The molecule has 0 saturated heterocycles. The summed E-state index contributed by atoms with van der Waals surface area (Å²) in [5, 5.41) is 2.77. The normalized spacial score (nSPS) is 22.3. The van der Waals surface area contributed by atoms with Crippen LogP contribution in [0.2, 0.25) is 0 Å². The lowest BCUT2D eigenvalue weighted by Crippen LogP contribution is -2.30. The molecule has 1 fully saturated rings. The quantitative estimate of drug-likeness (QED) is 0.747. The zero-order valence-corrected chi connectivity index (χ0v) is 13.4. The molecule has 9 heteroatoms. The van der Waals surface area contributed by atoms with Crippen LogP contribution in [0, 0.1) is 0 Å². The van der Waals surface area contributed by atoms with E-state index in [0.29, 0.717) is 0 Å². The molecule has 1 saturated carbocycles. The zero-order chi connectivity index (χ0) is 16.3. The second kappa shape index (κ2) is 6.57. The SMILES string of the molecule is CO[C@H]1CC[C@H](Nc2ncc(C(N)=O)c(S(C)(=O)=O)n2)CC1. The van der Waals surface area contributed by atoms with Gasteiger partial charge in [0.2, 0.25) is 5.95 Å². The third-order valence-electron chi connectivity index (χ3n) is 3.71. The van der Waals surface area contributed by atoms with Crippen LogP contribution < -0.4 is 11.1 Å². The van der Waals surface area contributed by atoms with Crippen LogP contribution in [0.3, 0.4) is 0 Å². The first-order valence-corrected chi connectivity index (χ1v) is 8.86. The van der Waals surface area contributed by atoms with Gasteiger partial charge in [-0.15, -0.1) is 0 Å². The molecule has 3 N–H and O–H groups in total. The first-order valence-electron chi connectivity index (χ1n) is 6.97. The van der Waals surface area contributed by atoms with Crippen LogP contribution >= 0.6 is 0 Å². The van der Waals surface area contributed by atoms with Gasteiger partial charge >= 0.3 is 0 Å². The molecule has 2 rings (SSSR count). The molecule has 1 aromatic rings. The van der Waals surface area contributed by atoms with Crippen LogP contribution in [0.15, 0.2) is 11.2 Å². The molecule has 0 atom stereocenters. The average molecular weight is 328 g/mol. The number of carbonyl (C=O) groups excluding carboxylic acids is 1. The third-order valence-corrected chi connectivity index (χ3v) is 4.72. The lowest BCUT2D eigenvalue weighted by Gasteiger charge is -2.28. The summed E-state index contributed by atoms with van der Waals surface area (Å²) in [5.74, 6) is -0.682. The van der Waals surface area contributed by atoms with E-state index >= 15 is 0 Å². The number of ether oxygens (including phenoxy) is 1. The second-order valence-corrected chi connectivity index (χ2v) is 7.33. The largest absolute Gasteiger partial charge is 0.381 e. The lowest BCUT2D eigenvalue weighted by atomic mass is 9.93. The molecule has 0 bridgehead atoms. The standard InChI is InChI=1S/C13H20N4O4S/c1-21-9-5-3-8(4-6-9)16-13-15-7-10(11(14)18)12(17-13)22(2,19)20/h7-9H,3-6H2,1-2H3,(H2,14,18)(H,15,16,17)/t8-,9-. The fourth-order valence-corrected chi connectivity index (χ4v) is 3.32. The summed E-state index contributed by atoms with van der Waals surface area (Å²) in [6, 6.07) is 0.151. The van der Waals surface area contributed by atoms with Crippen molar-refractivity contribution in [3.63, 3.8) is 0 Å². The van der Waals surface area contributed by atoms with E-state index in [1.807, 2.05) is 0 Å². The van der Waals surface area contributed by atoms with Gasteiger partial charge in [0.15, 0.2) is 14.9 Å². The van der Waals surface area contributed by atoms with Gasteiger partial charge in [-0.3, -0.25) is 4.79 Å². The number of nitrogens with two attached hydrogens (primary N) is 1. The highest BCUT2D eigenvalue weighted by atomic mass is 32.2. The summed E-state index contributed by atoms with van der Waals surface area (Å²) in [7, 11) is -1.97. The molecule has 0 unspecified atom stereocenters. The van der Waals surface area contributed by atoms with Gasteiger partial charge in [-0.2, -0.15) is 0 Å². The van der Waals surface area contributed by atoms with Crippen molar-refractivity contribution in [3.05, 3.63) is 11.8 Å². The fraction of sp³-hybridized carbons (Fsp3) is 0.615. The summed E-state index contributed by atoms with van der Waals surface area (Å²) >= 11 is 0. The Labute approximate surface area is 129 Å². The predicted octanol–water partition coefficient (Wildman–Crippen LogP) is 0.349. The molecule has 0 spiro atoms. The first kappa shape index (κ1) is 16.6. The smallest absolute Gasteiger partial charge is 0.253 e. The highest BCUT2D eigenvalue weighted by Gasteiger charge is 2.24. The van der Waals surface area contributed by atoms with Crippen LogP contribution in [0.25, 0.3) is 0 Å². The number of amides is 1. The molecule has 1 amide bonds. The van der Waals surface area contributed by atoms with E-state index in [0.717, 1.165) is 38.1 Å². The van der Waals surface area contributed by atoms with Crippen LogP contribution in [0.1, 0.15) is 36.0 Å². The van der Waals surface area contributed by atoms with Gasteiger partial charge in [-0.25, -0.2) is 18.4 Å². The van der Waals surface area contributed by atoms with Crippen molar-refractivity contribution in [1.29, 1.82) is 0 Å². The molecule has 1 heterocycles. The van der Waals surface area contributed by atoms with Gasteiger partial charge in [0, 0.05) is 25.6 Å². The Morgan fingerprint density at radius 2 is 2.00 bits per heavy atom. The average Bonchev–Trinajstić information content (AvgIpc) is 2.47. The number of carbonyl (C=O) groups is 1. The number of hydrogen-bond acceptors (Lipinski definition) is 7. The summed E-state index contributed by atoms with van der Waals surface area (Å²) in [5.41, 5.74) is 4.96. The van der Waals surface area contributed by atoms with Crippen molar-refractivity contribution in [1.82, 2.24) is 9.97 Å². The van der Waals surface area contributed by atoms with Crippen molar-refractivity contribution in [2.75, 3.05) is 18.7 Å². The molecule has 1 aliphatic rings. The molecule has 8 nitrogen and oxygen atoms in total. The van der Waals surface area contributed by atoms with Crippen LogP contribution in [-0.2, 0) is 14.6 Å². The number of hydrogen-bond donors (Lipinski definition) is 2. The minimum absolute atomic E-state index is 0.151. The van der Waals surface area contributed by atoms with E-state index in [-0.39, 0.29) is 28.7 Å². The van der Waals surface area contributed by atoms with Gasteiger partial charge in [-0.1, -0.05) is 0 Å². The molecule has 1 aliphatic carbocycles. The van der Waals surface area contributed by atoms with Gasteiger partial charge in [0.05, 0.1) is 11.7 Å². The number of nitrogens with zero attached hydrogens (tertiary/aromatic N) is 2. The number of anilines is 1. The minimum Gasteiger partial charge on any atom is -0.381 e. The molecule has 0 aliphatic heterocycles. The van der Waals surface area contributed by atoms with Gasteiger partial charge in [0.1, 0.15) is 0 Å². The van der Waals surface area contributed by atoms with E-state index < -0.39 is 15.7 Å². The highest BCUT2D eigenvalue weighted by Crippen LogP contribution is 2.23. The molecule has 0 radical (unpaired) electrons. The maximum Gasteiger partial charge on any atom is 0.253 e. The van der Waals surface area contributed by atoms with Gasteiger partial charge in [-0.05, 0) is 25.7 Å². The second-order valence-electron chi connectivity index (χ2n) is 5.40. The van der Waals surface area contributed by atoms with Crippen molar-refractivity contribution >= 4 is 21.7 Å². The Kier molecular flexibility index (Phi) is 4.97. The number of primary amides is 1. The summed E-state index contributed by atoms with van der Waals surface area (Å²) < 4.78 is 28.8. The fourth-order valence-electron chi connectivity index (χ4n) is 2.51. The van der Waals surface area contributed by atoms with Gasteiger partial charge < -0.3 is 15.8 Å². The van der Waals surface area contributed by atoms with E-state index in [2.05, 4.69) is 15.3 Å². The number of nitrogens with one attached hydrogen (secondary N) is 1. The van der Waals surface area contributed by atoms with Crippen molar-refractivity contribution in [3.8, 4) is 0 Å². The molecule has 1 aromatic heterocycles. The maximum absolute atomic E-state index is 11.7. The Morgan fingerprint density at radius 3 is 2.50 bits per heavy atom. The van der Waals surface area contributed by atoms with E-state index in [9.17, 15) is 13.2 Å². The summed E-state index contributed by atoms with van der Waals surface area (Å²) in [4.78, 5) is 19.2. The number of rotatable bonds is 5. The number of aromatic nitrogens is 2. The van der Waals surface area contributed by atoms with Crippen molar-refractivity contribution in [2.45, 2.75) is 42.9 Å². The van der Waals surface area contributed by atoms with Crippen LogP contribution in [-0.4, -0.2) is 49.8 Å². The molecule has 22 heavy (non-hydrogen) atoms. The van der Waals surface area contributed by atoms with Gasteiger partial charge in [0.25, 0.3) is 5.91 Å². The van der Waals surface area contributed by atoms with Crippen LogP contribution in [0.4, 0.5) is 5.95 Å². The Bertz CT molecular complexity index is 654. The molecule has 122 valence electrons. The predicted molar refractivity (Wildman–Crippen MR) is 80.3 cm³/mol. The number of methoxy groups -OCH3 is 1. The molecular formula is C13H20N4O4S. The Morgan fingerprint density at radius 1 is 1.36 bits per heavy atom. The third kappa shape index (κ3) is 3.92. The number of sulfone groups is 1. The van der Waals surface area contributed by atoms with E-state index in [1.165, 1.54) is 0 Å². The molecule has 0 aromatic carbocycles. The topological polar surface area (TPSA) is 124 Å².